The molecule has 2 N–H and O–H groups in total. The Labute approximate surface area is 258 Å². The number of anilines is 1. The Bertz CT molecular complexity index is 1740. The van der Waals surface area contributed by atoms with Gasteiger partial charge in [0.15, 0.2) is 11.5 Å². The first kappa shape index (κ1) is 32.7. The standard InChI is InChI=1S/C30H29F5N4O7/c1-14-15(2)38(3)28(41)24(36-14)18-5-4-16(25-26(18)46-9-8-45-25)10-21(29(42)43)37-27(40)23-19(31)11-17(12-20(23)32)39-6-7-44-13-22(39)30(33,34)35/h4-5,11-12,21-22H,6-10,13H2,1-3H3,(H,37,40)(H,42,43)/t21-,22+/m0/s1. The van der Waals surface area contributed by atoms with Crippen LogP contribution >= 0.6 is 0 Å². The van der Waals surface area contributed by atoms with Crippen LogP contribution in [0.25, 0.3) is 11.3 Å². The second-order valence-electron chi connectivity index (χ2n) is 10.8. The summed E-state index contributed by atoms with van der Waals surface area (Å²) < 4.78 is 88.6. The maximum atomic E-state index is 15.1. The van der Waals surface area contributed by atoms with E-state index in [9.17, 15) is 32.7 Å². The lowest BCUT2D eigenvalue weighted by molar-refractivity contribution is -0.167. The molecule has 2 aliphatic heterocycles. The number of hydrogen-bond donors (Lipinski definition) is 2. The lowest BCUT2D eigenvalue weighted by atomic mass is 9.99. The van der Waals surface area contributed by atoms with Crippen molar-refractivity contribution >= 4 is 17.6 Å². The highest BCUT2D eigenvalue weighted by atomic mass is 19.4. The number of aryl methyl sites for hydroxylation is 1. The SMILES string of the molecule is Cc1nc(-c2ccc(C[C@H](NC(=O)c3c(F)cc(N4CCOC[C@@H]4C(F)(F)F)cc3F)C(=O)O)c3c2OCCO3)c(=O)n(C)c1C. The number of fused-ring (bicyclic) bond motifs is 1. The summed E-state index contributed by atoms with van der Waals surface area (Å²) in [6.07, 6.45) is -5.18. The van der Waals surface area contributed by atoms with E-state index in [2.05, 4.69) is 10.3 Å². The lowest BCUT2D eigenvalue weighted by Gasteiger charge is -2.38. The highest BCUT2D eigenvalue weighted by molar-refractivity contribution is 5.97. The Balaban J connectivity index is 1.43. The number of morpholine rings is 1. The zero-order valence-electron chi connectivity index (χ0n) is 24.8. The molecule has 11 nitrogen and oxygen atoms in total. The Morgan fingerprint density at radius 2 is 1.74 bits per heavy atom. The topological polar surface area (TPSA) is 132 Å². The van der Waals surface area contributed by atoms with E-state index in [0.717, 1.165) is 4.90 Å². The van der Waals surface area contributed by atoms with Crippen LogP contribution in [0.1, 0.15) is 27.3 Å². The lowest BCUT2D eigenvalue weighted by Crippen LogP contribution is -2.53. The fraction of sp³-hybridized carbons (Fsp3) is 0.400. The van der Waals surface area contributed by atoms with Gasteiger partial charge in [0.2, 0.25) is 0 Å². The van der Waals surface area contributed by atoms with Crippen LogP contribution in [0.4, 0.5) is 27.6 Å². The maximum absolute atomic E-state index is 15.1. The van der Waals surface area contributed by atoms with E-state index >= 15 is 8.78 Å². The van der Waals surface area contributed by atoms with Gasteiger partial charge in [0.1, 0.15) is 48.2 Å². The minimum Gasteiger partial charge on any atom is -0.486 e. The predicted octanol–water partition coefficient (Wildman–Crippen LogP) is 3.31. The Kier molecular flexibility index (Phi) is 8.93. The molecule has 5 rings (SSSR count). The maximum Gasteiger partial charge on any atom is 0.411 e. The Morgan fingerprint density at radius 3 is 2.37 bits per heavy atom. The average Bonchev–Trinajstić information content (AvgIpc) is 3.01. The molecule has 0 aliphatic carbocycles. The van der Waals surface area contributed by atoms with E-state index in [1.165, 1.54) is 16.7 Å². The molecule has 1 saturated heterocycles. The highest BCUT2D eigenvalue weighted by Gasteiger charge is 2.46. The van der Waals surface area contributed by atoms with Gasteiger partial charge in [0.05, 0.1) is 24.5 Å². The third kappa shape index (κ3) is 6.21. The zero-order chi connectivity index (χ0) is 33.5. The van der Waals surface area contributed by atoms with Crippen LogP contribution in [0.3, 0.4) is 0 Å². The summed E-state index contributed by atoms with van der Waals surface area (Å²) in [4.78, 5) is 43.3. The van der Waals surface area contributed by atoms with Crippen LogP contribution in [-0.4, -0.2) is 77.8 Å². The van der Waals surface area contributed by atoms with Crippen LogP contribution in [-0.2, 0) is 23.0 Å². The molecular formula is C30H29F5N4O7. The van der Waals surface area contributed by atoms with Gasteiger partial charge in [-0.1, -0.05) is 6.07 Å². The second kappa shape index (κ2) is 12.6. The number of alkyl halides is 3. The van der Waals surface area contributed by atoms with E-state index in [1.807, 2.05) is 0 Å². The minimum atomic E-state index is -4.75. The van der Waals surface area contributed by atoms with Crippen molar-refractivity contribution in [3.8, 4) is 22.8 Å². The Hall–Kier alpha value is -4.73. The number of hydrogen-bond acceptors (Lipinski definition) is 8. The normalized spacial score (nSPS) is 17.0. The van der Waals surface area contributed by atoms with Crippen LogP contribution in [0.5, 0.6) is 11.5 Å². The number of rotatable bonds is 7. The molecule has 0 bridgehead atoms. The van der Waals surface area contributed by atoms with Gasteiger partial charge in [-0.3, -0.25) is 9.59 Å². The number of aromatic nitrogens is 2. The van der Waals surface area contributed by atoms with Crippen molar-refractivity contribution in [3.05, 3.63) is 68.8 Å². The molecule has 2 aromatic carbocycles. The molecule has 0 unspecified atom stereocenters. The third-order valence-electron chi connectivity index (χ3n) is 7.96. The number of halogens is 5. The van der Waals surface area contributed by atoms with Crippen LogP contribution in [0, 0.1) is 25.5 Å². The second-order valence-corrected chi connectivity index (χ2v) is 10.8. The smallest absolute Gasteiger partial charge is 0.411 e. The van der Waals surface area contributed by atoms with Crippen molar-refractivity contribution in [1.82, 2.24) is 14.9 Å². The predicted molar refractivity (Wildman–Crippen MR) is 152 cm³/mol. The van der Waals surface area contributed by atoms with Crippen molar-refractivity contribution in [2.24, 2.45) is 7.05 Å². The molecule has 1 amide bonds. The number of aliphatic carboxylic acids is 1. The highest BCUT2D eigenvalue weighted by Crippen LogP contribution is 2.42. The monoisotopic (exact) mass is 652 g/mol. The van der Waals surface area contributed by atoms with E-state index in [-0.39, 0.29) is 49.1 Å². The minimum absolute atomic E-state index is 0.0787. The fourth-order valence-electron chi connectivity index (χ4n) is 5.34. The van der Waals surface area contributed by atoms with E-state index in [1.54, 1.807) is 20.9 Å². The number of amides is 1. The van der Waals surface area contributed by atoms with Gasteiger partial charge in [-0.15, -0.1) is 0 Å². The molecule has 1 fully saturated rings. The molecule has 246 valence electrons. The van der Waals surface area contributed by atoms with E-state index < -0.39 is 71.6 Å². The number of benzene rings is 2. The molecule has 0 spiro atoms. The third-order valence-corrected chi connectivity index (χ3v) is 7.96. The number of nitrogens with one attached hydrogen (secondary N) is 1. The van der Waals surface area contributed by atoms with Crippen molar-refractivity contribution < 1.29 is 50.9 Å². The summed E-state index contributed by atoms with van der Waals surface area (Å²) >= 11 is 0. The van der Waals surface area contributed by atoms with Gasteiger partial charge < -0.3 is 34.1 Å². The van der Waals surface area contributed by atoms with E-state index in [0.29, 0.717) is 29.1 Å². The largest absolute Gasteiger partial charge is 0.486 e. The Morgan fingerprint density at radius 1 is 1.09 bits per heavy atom. The number of carbonyl (C=O) groups excluding carboxylic acids is 1. The number of nitrogens with zero attached hydrogens (tertiary/aromatic N) is 3. The van der Waals surface area contributed by atoms with E-state index in [4.69, 9.17) is 14.2 Å². The number of ether oxygens (including phenoxy) is 3. The number of carboxylic acid groups (broad SMARTS) is 1. The quantitative estimate of drug-likeness (QED) is 0.369. The summed E-state index contributed by atoms with van der Waals surface area (Å²) in [5.74, 6) is -5.70. The summed E-state index contributed by atoms with van der Waals surface area (Å²) in [5, 5.41) is 12.0. The van der Waals surface area contributed by atoms with Crippen molar-refractivity contribution in [3.63, 3.8) is 0 Å². The van der Waals surface area contributed by atoms with Gasteiger partial charge in [0.25, 0.3) is 11.5 Å². The molecule has 3 heterocycles. The summed E-state index contributed by atoms with van der Waals surface area (Å²) in [6, 6.07) is 0.254. The van der Waals surface area contributed by atoms with Gasteiger partial charge in [-0.2, -0.15) is 13.2 Å². The first-order valence-electron chi connectivity index (χ1n) is 14.1. The molecule has 0 saturated carbocycles. The molecule has 0 radical (unpaired) electrons. The molecule has 2 atom stereocenters. The van der Waals surface area contributed by atoms with Crippen molar-refractivity contribution in [1.29, 1.82) is 0 Å². The van der Waals surface area contributed by atoms with Crippen LogP contribution in [0.15, 0.2) is 29.1 Å². The van der Waals surface area contributed by atoms with Crippen molar-refractivity contribution in [2.75, 3.05) is 37.9 Å². The number of carboxylic acids is 1. The first-order valence-corrected chi connectivity index (χ1v) is 14.1. The summed E-state index contributed by atoms with van der Waals surface area (Å²) in [5.41, 5.74) is -0.146. The summed E-state index contributed by atoms with van der Waals surface area (Å²) in [6.45, 7) is 2.52. The molecule has 2 aliphatic rings. The van der Waals surface area contributed by atoms with Gasteiger partial charge >= 0.3 is 12.1 Å². The molecule has 16 heteroatoms. The fourth-order valence-corrected chi connectivity index (χ4v) is 5.34. The van der Waals surface area contributed by atoms with Crippen LogP contribution < -0.4 is 25.2 Å². The first-order chi connectivity index (χ1) is 21.7. The van der Waals surface area contributed by atoms with Crippen molar-refractivity contribution in [2.45, 2.75) is 38.5 Å². The molecule has 1 aromatic heterocycles. The van der Waals surface area contributed by atoms with Crippen LogP contribution in [0.2, 0.25) is 0 Å². The van der Waals surface area contributed by atoms with Gasteiger partial charge in [-0.25, -0.2) is 18.6 Å². The summed E-state index contributed by atoms with van der Waals surface area (Å²) in [7, 11) is 1.59. The molecule has 46 heavy (non-hydrogen) atoms. The number of carbonyl (C=O) groups is 2. The molecule has 3 aromatic rings. The zero-order valence-corrected chi connectivity index (χ0v) is 24.8. The average molecular weight is 653 g/mol. The molecular weight excluding hydrogens is 623 g/mol. The van der Waals surface area contributed by atoms with Gasteiger partial charge in [0, 0.05) is 37.0 Å². The van der Waals surface area contributed by atoms with Gasteiger partial charge in [-0.05, 0) is 32.0 Å².